The first-order chi connectivity index (χ1) is 8.65. The van der Waals surface area contributed by atoms with Crippen LogP contribution in [0.5, 0.6) is 0 Å². The monoisotopic (exact) mass is 393 g/mol. The average molecular weight is 395 g/mol. The van der Waals surface area contributed by atoms with Crippen LogP contribution in [0.2, 0.25) is 0 Å². The Balaban J connectivity index is 1.82. The van der Waals surface area contributed by atoms with Gasteiger partial charge in [0, 0.05) is 23.8 Å². The second-order valence-corrected chi connectivity index (χ2v) is 6.13. The third-order valence-electron chi connectivity index (χ3n) is 2.55. The van der Waals surface area contributed by atoms with Crippen molar-refractivity contribution in [2.75, 3.05) is 18.5 Å². The van der Waals surface area contributed by atoms with E-state index in [-0.39, 0.29) is 6.10 Å². The van der Waals surface area contributed by atoms with E-state index in [4.69, 9.17) is 17.0 Å². The van der Waals surface area contributed by atoms with E-state index in [0.29, 0.717) is 10.9 Å². The molecule has 0 radical (unpaired) electrons. The van der Waals surface area contributed by atoms with Crippen molar-refractivity contribution in [2.24, 2.45) is 0 Å². The number of hydrogen-bond acceptors (Lipinski definition) is 3. The van der Waals surface area contributed by atoms with E-state index in [0.717, 1.165) is 34.9 Å². The summed E-state index contributed by atoms with van der Waals surface area (Å²) in [5.41, 5.74) is 0. The maximum absolute atomic E-state index is 5.51. The molecule has 0 aliphatic carbocycles. The van der Waals surface area contributed by atoms with Gasteiger partial charge in [-0.25, -0.2) is 4.98 Å². The van der Waals surface area contributed by atoms with Crippen molar-refractivity contribution in [3.05, 3.63) is 21.2 Å². The van der Waals surface area contributed by atoms with E-state index in [1.165, 1.54) is 0 Å². The molecule has 1 aliphatic heterocycles. The molecule has 1 atom stereocenters. The highest BCUT2D eigenvalue weighted by Crippen LogP contribution is 2.23. The number of rotatable bonds is 3. The van der Waals surface area contributed by atoms with Gasteiger partial charge in [0.2, 0.25) is 0 Å². The van der Waals surface area contributed by atoms with Crippen LogP contribution in [-0.2, 0) is 4.74 Å². The fraction of sp³-hybridized carbons (Fsp3) is 0.455. The number of anilines is 1. The molecule has 0 saturated carbocycles. The SMILES string of the molecule is S=C(NC[C@H]1CCCO1)Nc1ncc(Br)cc1Br. The molecule has 1 aliphatic rings. The fourth-order valence-electron chi connectivity index (χ4n) is 1.67. The van der Waals surface area contributed by atoms with Crippen molar-refractivity contribution in [3.63, 3.8) is 0 Å². The summed E-state index contributed by atoms with van der Waals surface area (Å²) in [6, 6.07) is 1.91. The molecule has 1 aromatic rings. The summed E-state index contributed by atoms with van der Waals surface area (Å²) >= 11 is 12.0. The van der Waals surface area contributed by atoms with Crippen molar-refractivity contribution in [1.29, 1.82) is 0 Å². The molecule has 0 spiro atoms. The summed E-state index contributed by atoms with van der Waals surface area (Å²) in [4.78, 5) is 4.23. The molecular formula is C11H13Br2N3OS. The van der Waals surface area contributed by atoms with Crippen LogP contribution in [0.15, 0.2) is 21.2 Å². The molecule has 2 rings (SSSR count). The highest BCUT2D eigenvalue weighted by atomic mass is 79.9. The van der Waals surface area contributed by atoms with Crippen LogP contribution in [0.25, 0.3) is 0 Å². The number of ether oxygens (including phenoxy) is 1. The lowest BCUT2D eigenvalue weighted by Crippen LogP contribution is -2.35. The van der Waals surface area contributed by atoms with E-state index in [1.807, 2.05) is 6.07 Å². The second kappa shape index (κ2) is 6.79. The first kappa shape index (κ1) is 14.2. The minimum Gasteiger partial charge on any atom is -0.376 e. The molecule has 1 fully saturated rings. The van der Waals surface area contributed by atoms with Crippen molar-refractivity contribution in [2.45, 2.75) is 18.9 Å². The minimum atomic E-state index is 0.270. The smallest absolute Gasteiger partial charge is 0.172 e. The number of aromatic nitrogens is 1. The lowest BCUT2D eigenvalue weighted by molar-refractivity contribution is 0.114. The first-order valence-corrected chi connectivity index (χ1v) is 7.62. The molecule has 4 nitrogen and oxygen atoms in total. The standard InChI is InChI=1S/C11H13Br2N3OS/c12-7-4-9(13)10(14-5-7)16-11(18)15-6-8-2-1-3-17-8/h4-5,8H,1-3,6H2,(H2,14,15,16,18)/t8-/m1/s1. The van der Waals surface area contributed by atoms with Gasteiger partial charge in [0.15, 0.2) is 5.11 Å². The molecule has 18 heavy (non-hydrogen) atoms. The maximum Gasteiger partial charge on any atom is 0.172 e. The van der Waals surface area contributed by atoms with Gasteiger partial charge in [-0.1, -0.05) is 0 Å². The van der Waals surface area contributed by atoms with E-state index in [9.17, 15) is 0 Å². The Morgan fingerprint density at radius 2 is 2.39 bits per heavy atom. The van der Waals surface area contributed by atoms with Gasteiger partial charge in [-0.3, -0.25) is 0 Å². The van der Waals surface area contributed by atoms with E-state index in [2.05, 4.69) is 47.5 Å². The third-order valence-corrected chi connectivity index (χ3v) is 3.84. The summed E-state index contributed by atoms with van der Waals surface area (Å²) < 4.78 is 7.29. The van der Waals surface area contributed by atoms with Crippen LogP contribution >= 0.6 is 44.1 Å². The quantitative estimate of drug-likeness (QED) is 0.771. The summed E-state index contributed by atoms with van der Waals surface area (Å²) in [7, 11) is 0. The summed E-state index contributed by atoms with van der Waals surface area (Å²) in [6.07, 6.45) is 4.21. The molecule has 1 saturated heterocycles. The number of hydrogen-bond donors (Lipinski definition) is 2. The largest absolute Gasteiger partial charge is 0.376 e. The Bertz CT molecular complexity index is 438. The van der Waals surface area contributed by atoms with E-state index < -0.39 is 0 Å². The summed E-state index contributed by atoms with van der Waals surface area (Å²) in [5.74, 6) is 0.697. The van der Waals surface area contributed by atoms with Gasteiger partial charge >= 0.3 is 0 Å². The number of thiocarbonyl (C=S) groups is 1. The van der Waals surface area contributed by atoms with Gasteiger partial charge < -0.3 is 15.4 Å². The number of pyridine rings is 1. The van der Waals surface area contributed by atoms with Gasteiger partial charge in [-0.2, -0.15) is 0 Å². The molecule has 0 bridgehead atoms. The zero-order valence-corrected chi connectivity index (χ0v) is 13.6. The molecule has 1 aromatic heterocycles. The van der Waals surface area contributed by atoms with Gasteiger partial charge in [0.05, 0.1) is 10.6 Å². The van der Waals surface area contributed by atoms with Crippen LogP contribution in [0, 0.1) is 0 Å². The van der Waals surface area contributed by atoms with Gasteiger partial charge in [0.25, 0.3) is 0 Å². The van der Waals surface area contributed by atoms with Crippen molar-refractivity contribution in [3.8, 4) is 0 Å². The molecular weight excluding hydrogens is 382 g/mol. The lowest BCUT2D eigenvalue weighted by atomic mass is 10.2. The van der Waals surface area contributed by atoms with Gasteiger partial charge in [-0.15, -0.1) is 0 Å². The fourth-order valence-corrected chi connectivity index (χ4v) is 2.94. The van der Waals surface area contributed by atoms with Crippen molar-refractivity contribution >= 4 is 55.0 Å². The van der Waals surface area contributed by atoms with Crippen LogP contribution in [0.4, 0.5) is 5.82 Å². The number of nitrogens with zero attached hydrogens (tertiary/aromatic N) is 1. The Hall–Kier alpha value is -0.240. The predicted octanol–water partition coefficient (Wildman–Crippen LogP) is 3.07. The maximum atomic E-state index is 5.51. The lowest BCUT2D eigenvalue weighted by Gasteiger charge is -2.14. The Kier molecular flexibility index (Phi) is 5.35. The third kappa shape index (κ3) is 4.15. The van der Waals surface area contributed by atoms with Crippen molar-refractivity contribution < 1.29 is 4.74 Å². The highest BCUT2D eigenvalue weighted by Gasteiger charge is 2.15. The van der Waals surface area contributed by atoms with E-state index in [1.54, 1.807) is 6.20 Å². The molecule has 0 amide bonds. The van der Waals surface area contributed by atoms with Crippen LogP contribution in [0.1, 0.15) is 12.8 Å². The Morgan fingerprint density at radius 1 is 1.56 bits per heavy atom. The normalized spacial score (nSPS) is 18.7. The zero-order valence-electron chi connectivity index (χ0n) is 9.58. The predicted molar refractivity (Wildman–Crippen MR) is 82.8 cm³/mol. The zero-order chi connectivity index (χ0) is 13.0. The van der Waals surface area contributed by atoms with Gasteiger partial charge in [0.1, 0.15) is 5.82 Å². The number of halogens is 2. The molecule has 0 aromatic carbocycles. The molecule has 2 N–H and O–H groups in total. The number of nitrogens with one attached hydrogen (secondary N) is 2. The molecule has 98 valence electrons. The highest BCUT2D eigenvalue weighted by molar-refractivity contribution is 9.11. The average Bonchev–Trinajstić information content (AvgIpc) is 2.83. The van der Waals surface area contributed by atoms with Crippen LogP contribution in [0.3, 0.4) is 0 Å². The minimum absolute atomic E-state index is 0.270. The summed E-state index contributed by atoms with van der Waals surface area (Å²) in [5, 5.41) is 6.74. The first-order valence-electron chi connectivity index (χ1n) is 5.62. The van der Waals surface area contributed by atoms with E-state index >= 15 is 0 Å². The second-order valence-electron chi connectivity index (χ2n) is 3.95. The van der Waals surface area contributed by atoms with Crippen LogP contribution < -0.4 is 10.6 Å². The van der Waals surface area contributed by atoms with Crippen molar-refractivity contribution in [1.82, 2.24) is 10.3 Å². The van der Waals surface area contributed by atoms with Crippen LogP contribution in [-0.4, -0.2) is 29.4 Å². The molecule has 2 heterocycles. The van der Waals surface area contributed by atoms with Gasteiger partial charge in [-0.05, 0) is 63.0 Å². The Labute approximate surface area is 128 Å². The molecule has 0 unspecified atom stereocenters. The Morgan fingerprint density at radius 3 is 3.06 bits per heavy atom. The molecule has 7 heteroatoms. The topological polar surface area (TPSA) is 46.2 Å². The summed E-state index contributed by atoms with van der Waals surface area (Å²) in [6.45, 7) is 1.59.